The van der Waals surface area contributed by atoms with Crippen LogP contribution >= 0.6 is 11.3 Å². The minimum atomic E-state index is 1.15. The number of nitrogens with zero attached hydrogens (tertiary/aromatic N) is 1. The lowest BCUT2D eigenvalue weighted by Crippen LogP contribution is -2.10. The van der Waals surface area contributed by atoms with Crippen LogP contribution in [0.2, 0.25) is 0 Å². The predicted octanol–water partition coefficient (Wildman–Crippen LogP) is 12.7. The van der Waals surface area contributed by atoms with Crippen molar-refractivity contribution in [2.45, 2.75) is 0 Å². The Morgan fingerprint density at radius 1 is 0.364 bits per heavy atom. The molecule has 0 spiro atoms. The average molecular weight is 578 g/mol. The molecular weight excluding hydrogens is 551 g/mol. The quantitative estimate of drug-likeness (QED) is 0.201. The third-order valence-corrected chi connectivity index (χ3v) is 10.0. The molecule has 0 fully saturated rings. The molecule has 0 N–H and O–H groups in total. The summed E-state index contributed by atoms with van der Waals surface area (Å²) in [5.41, 5.74) is 5.96. The van der Waals surface area contributed by atoms with Gasteiger partial charge in [0.2, 0.25) is 0 Å². The lowest BCUT2D eigenvalue weighted by molar-refractivity contribution is 1.31. The average Bonchev–Trinajstić information content (AvgIpc) is 3.47. The molecule has 9 aromatic rings. The van der Waals surface area contributed by atoms with Crippen molar-refractivity contribution in [2.75, 3.05) is 4.90 Å². The van der Waals surface area contributed by atoms with Gasteiger partial charge in [-0.3, -0.25) is 0 Å². The van der Waals surface area contributed by atoms with E-state index in [-0.39, 0.29) is 0 Å². The Morgan fingerprint density at radius 2 is 0.955 bits per heavy atom. The van der Waals surface area contributed by atoms with E-state index < -0.39 is 0 Å². The largest absolute Gasteiger partial charge is 0.310 e. The van der Waals surface area contributed by atoms with Gasteiger partial charge in [0.1, 0.15) is 0 Å². The van der Waals surface area contributed by atoms with E-state index in [4.69, 9.17) is 0 Å². The highest BCUT2D eigenvalue weighted by atomic mass is 32.1. The monoisotopic (exact) mass is 577 g/mol. The van der Waals surface area contributed by atoms with Gasteiger partial charge in [-0.05, 0) is 75.1 Å². The molecule has 206 valence electrons. The molecule has 0 aliphatic rings. The van der Waals surface area contributed by atoms with Crippen LogP contribution < -0.4 is 4.90 Å². The van der Waals surface area contributed by atoms with Gasteiger partial charge in [0, 0.05) is 42.3 Å². The number of anilines is 3. The number of benzene rings is 8. The number of thiophene rings is 1. The summed E-state index contributed by atoms with van der Waals surface area (Å²) in [6.45, 7) is 0. The zero-order valence-corrected chi connectivity index (χ0v) is 24.8. The predicted molar refractivity (Wildman–Crippen MR) is 192 cm³/mol. The summed E-state index contributed by atoms with van der Waals surface area (Å²) in [7, 11) is 0. The van der Waals surface area contributed by atoms with E-state index in [1.807, 2.05) is 11.3 Å². The summed E-state index contributed by atoms with van der Waals surface area (Å²) in [6.07, 6.45) is 0. The summed E-state index contributed by atoms with van der Waals surface area (Å²) < 4.78 is 2.64. The van der Waals surface area contributed by atoms with E-state index in [2.05, 4.69) is 169 Å². The molecule has 1 aromatic heterocycles. The van der Waals surface area contributed by atoms with Crippen molar-refractivity contribution < 1.29 is 0 Å². The van der Waals surface area contributed by atoms with Gasteiger partial charge in [0.25, 0.3) is 0 Å². The summed E-state index contributed by atoms with van der Waals surface area (Å²) >= 11 is 1.89. The Labute approximate surface area is 259 Å². The first-order valence-corrected chi connectivity index (χ1v) is 15.8. The highest BCUT2D eigenvalue weighted by molar-refractivity contribution is 7.26. The minimum Gasteiger partial charge on any atom is -0.310 e. The number of fused-ring (bicyclic) bond motifs is 7. The topological polar surface area (TPSA) is 3.24 Å². The van der Waals surface area contributed by atoms with E-state index in [1.54, 1.807) is 0 Å². The molecule has 0 bridgehead atoms. The Bertz CT molecular complexity index is 2430. The lowest BCUT2D eigenvalue weighted by atomic mass is 9.99. The van der Waals surface area contributed by atoms with Crippen molar-refractivity contribution in [2.24, 2.45) is 0 Å². The van der Waals surface area contributed by atoms with Crippen molar-refractivity contribution in [3.05, 3.63) is 164 Å². The van der Waals surface area contributed by atoms with Crippen LogP contribution in [0.25, 0.3) is 63.6 Å². The van der Waals surface area contributed by atoms with Crippen LogP contribution in [-0.4, -0.2) is 0 Å². The summed E-state index contributed by atoms with van der Waals surface area (Å²) in [6, 6.07) is 59.8. The first kappa shape index (κ1) is 25.1. The molecule has 9 rings (SSSR count). The van der Waals surface area contributed by atoms with Gasteiger partial charge in [-0.15, -0.1) is 11.3 Å². The normalized spacial score (nSPS) is 11.6. The number of rotatable bonds is 4. The Balaban J connectivity index is 1.36. The van der Waals surface area contributed by atoms with Crippen LogP contribution in [0.4, 0.5) is 17.1 Å². The molecule has 0 radical (unpaired) electrons. The van der Waals surface area contributed by atoms with E-state index in [0.717, 1.165) is 11.4 Å². The first-order valence-electron chi connectivity index (χ1n) is 15.0. The second-order valence-corrected chi connectivity index (χ2v) is 12.4. The van der Waals surface area contributed by atoms with Gasteiger partial charge in [-0.1, -0.05) is 121 Å². The van der Waals surface area contributed by atoms with E-state index in [0.29, 0.717) is 0 Å². The highest BCUT2D eigenvalue weighted by Gasteiger charge is 2.20. The molecule has 44 heavy (non-hydrogen) atoms. The van der Waals surface area contributed by atoms with Crippen LogP contribution in [0.1, 0.15) is 0 Å². The van der Waals surface area contributed by atoms with E-state index >= 15 is 0 Å². The fourth-order valence-electron chi connectivity index (χ4n) is 6.63. The van der Waals surface area contributed by atoms with Crippen molar-refractivity contribution in [1.82, 2.24) is 0 Å². The third kappa shape index (κ3) is 4.07. The van der Waals surface area contributed by atoms with Crippen molar-refractivity contribution >= 4 is 80.9 Å². The Morgan fingerprint density at radius 3 is 1.64 bits per heavy atom. The molecule has 0 saturated carbocycles. The second kappa shape index (κ2) is 10.1. The van der Waals surface area contributed by atoms with Crippen LogP contribution in [0.15, 0.2) is 164 Å². The van der Waals surface area contributed by atoms with Crippen molar-refractivity contribution in [3.8, 4) is 11.1 Å². The Kier molecular flexibility index (Phi) is 5.75. The van der Waals surface area contributed by atoms with Gasteiger partial charge < -0.3 is 4.90 Å². The maximum atomic E-state index is 2.45. The molecule has 0 amide bonds. The van der Waals surface area contributed by atoms with Crippen LogP contribution in [-0.2, 0) is 0 Å². The zero-order chi connectivity index (χ0) is 29.0. The molecule has 0 aliphatic heterocycles. The van der Waals surface area contributed by atoms with Crippen LogP contribution in [0, 0.1) is 0 Å². The molecule has 0 aliphatic carbocycles. The van der Waals surface area contributed by atoms with Gasteiger partial charge in [-0.2, -0.15) is 0 Å². The lowest BCUT2D eigenvalue weighted by Gasteiger charge is -2.28. The number of hydrogen-bond donors (Lipinski definition) is 0. The fraction of sp³-hybridized carbons (Fsp3) is 0. The van der Waals surface area contributed by atoms with Crippen LogP contribution in [0.5, 0.6) is 0 Å². The molecule has 0 unspecified atom stereocenters. The standard InChI is InChI=1S/C42H27NS/c1-2-10-28(11-3-1)33-20-23-41-38(26-33)39-27-40(36-16-8-9-17-37(36)42(39)44-41)43(34-21-18-29-12-4-6-14-31(29)24-34)35-22-19-30-13-5-7-15-32(30)25-35/h1-27H. The van der Waals surface area contributed by atoms with E-state index in [1.165, 1.54) is 69.3 Å². The van der Waals surface area contributed by atoms with E-state index in [9.17, 15) is 0 Å². The summed E-state index contributed by atoms with van der Waals surface area (Å²) in [5, 5.41) is 10.1. The molecule has 1 heterocycles. The van der Waals surface area contributed by atoms with Gasteiger partial charge in [-0.25, -0.2) is 0 Å². The second-order valence-electron chi connectivity index (χ2n) is 11.4. The summed E-state index contributed by atoms with van der Waals surface area (Å²) in [4.78, 5) is 2.45. The number of hydrogen-bond acceptors (Lipinski definition) is 2. The van der Waals surface area contributed by atoms with Gasteiger partial charge in [0.05, 0.1) is 5.69 Å². The molecule has 1 nitrogen and oxygen atoms in total. The zero-order valence-electron chi connectivity index (χ0n) is 23.9. The molecule has 0 atom stereocenters. The summed E-state index contributed by atoms with van der Waals surface area (Å²) in [5.74, 6) is 0. The van der Waals surface area contributed by atoms with Gasteiger partial charge in [0.15, 0.2) is 0 Å². The highest BCUT2D eigenvalue weighted by Crippen LogP contribution is 2.47. The minimum absolute atomic E-state index is 1.15. The maximum Gasteiger partial charge on any atom is 0.0547 e. The van der Waals surface area contributed by atoms with Crippen LogP contribution in [0.3, 0.4) is 0 Å². The van der Waals surface area contributed by atoms with Crippen molar-refractivity contribution in [3.63, 3.8) is 0 Å². The van der Waals surface area contributed by atoms with Crippen molar-refractivity contribution in [1.29, 1.82) is 0 Å². The first-order chi connectivity index (χ1) is 21.8. The maximum absolute atomic E-state index is 2.45. The molecule has 2 heteroatoms. The molecular formula is C42H27NS. The SMILES string of the molecule is c1ccc(-c2ccc3sc4c5ccccc5c(N(c5ccc6ccccc6c5)c5ccc6ccccc6c5)cc4c3c2)cc1. The smallest absolute Gasteiger partial charge is 0.0547 e. The third-order valence-electron chi connectivity index (χ3n) is 8.79. The molecule has 8 aromatic carbocycles. The van der Waals surface area contributed by atoms with Gasteiger partial charge >= 0.3 is 0 Å². The Hall–Kier alpha value is -5.44. The fourth-order valence-corrected chi connectivity index (χ4v) is 7.83. The molecule has 0 saturated heterocycles.